The van der Waals surface area contributed by atoms with Gasteiger partial charge < -0.3 is 4.74 Å². The summed E-state index contributed by atoms with van der Waals surface area (Å²) in [6.45, 7) is 5.19. The highest BCUT2D eigenvalue weighted by molar-refractivity contribution is 9.08. The maximum atomic E-state index is 5.64. The van der Waals surface area contributed by atoms with Crippen molar-refractivity contribution in [3.63, 3.8) is 0 Å². The smallest absolute Gasteiger partial charge is 0.137 e. The van der Waals surface area contributed by atoms with Crippen molar-refractivity contribution in [2.75, 3.05) is 6.61 Å². The first-order chi connectivity index (χ1) is 7.26. The molecule has 1 aromatic heterocycles. The average Bonchev–Trinajstić information content (AvgIpc) is 2.27. The molecule has 3 heteroatoms. The highest BCUT2D eigenvalue weighted by Crippen LogP contribution is 2.13. The lowest BCUT2D eigenvalue weighted by atomic mass is 10.1. The number of hydrogen-bond acceptors (Lipinski definition) is 2. The fourth-order valence-electron chi connectivity index (χ4n) is 1.39. The average molecular weight is 272 g/mol. The van der Waals surface area contributed by atoms with Gasteiger partial charge in [0.25, 0.3) is 0 Å². The van der Waals surface area contributed by atoms with Crippen LogP contribution in [0.3, 0.4) is 0 Å². The third kappa shape index (κ3) is 4.65. The molecule has 0 aliphatic heterocycles. The predicted molar refractivity (Wildman–Crippen MR) is 66.4 cm³/mol. The molecule has 1 rings (SSSR count). The minimum absolute atomic E-state index is 0.617. The second kappa shape index (κ2) is 6.83. The Morgan fingerprint density at radius 3 is 2.80 bits per heavy atom. The Kier molecular flexibility index (Phi) is 5.69. The molecular formula is C12H18BrNO. The van der Waals surface area contributed by atoms with Crippen LogP contribution >= 0.6 is 15.9 Å². The van der Waals surface area contributed by atoms with Gasteiger partial charge in [0.15, 0.2) is 0 Å². The van der Waals surface area contributed by atoms with Gasteiger partial charge in [-0.05, 0) is 24.5 Å². The zero-order valence-electron chi connectivity index (χ0n) is 9.37. The van der Waals surface area contributed by atoms with E-state index in [-0.39, 0.29) is 0 Å². The molecule has 0 aliphatic rings. The molecule has 0 saturated carbocycles. The fourth-order valence-corrected chi connectivity index (χ4v) is 1.72. The Balaban J connectivity index is 2.37. The molecule has 0 amide bonds. The van der Waals surface area contributed by atoms with Gasteiger partial charge in [-0.2, -0.15) is 0 Å². The Bertz CT molecular complexity index is 273. The van der Waals surface area contributed by atoms with Gasteiger partial charge in [-0.3, -0.25) is 4.98 Å². The number of nitrogens with zero attached hydrogens (tertiary/aromatic N) is 1. The highest BCUT2D eigenvalue weighted by Gasteiger charge is 2.02. The van der Waals surface area contributed by atoms with Crippen molar-refractivity contribution in [1.82, 2.24) is 4.98 Å². The maximum absolute atomic E-state index is 5.64. The second-order valence-corrected chi connectivity index (χ2v) is 4.38. The molecule has 1 atom stereocenters. The monoisotopic (exact) mass is 271 g/mol. The molecule has 0 spiro atoms. The van der Waals surface area contributed by atoms with E-state index >= 15 is 0 Å². The van der Waals surface area contributed by atoms with Gasteiger partial charge >= 0.3 is 0 Å². The van der Waals surface area contributed by atoms with Gasteiger partial charge in [0.2, 0.25) is 0 Å². The first-order valence-electron chi connectivity index (χ1n) is 5.40. The van der Waals surface area contributed by atoms with Crippen molar-refractivity contribution in [3.8, 4) is 5.75 Å². The Hall–Kier alpha value is -0.570. The molecule has 1 heterocycles. The minimum Gasteiger partial charge on any atom is -0.492 e. The van der Waals surface area contributed by atoms with E-state index in [1.165, 1.54) is 12.8 Å². The quantitative estimate of drug-likeness (QED) is 0.735. The maximum Gasteiger partial charge on any atom is 0.137 e. The van der Waals surface area contributed by atoms with Crippen molar-refractivity contribution in [3.05, 3.63) is 24.0 Å². The summed E-state index contributed by atoms with van der Waals surface area (Å²) in [5.74, 6) is 1.48. The number of alkyl halides is 1. The minimum atomic E-state index is 0.617. The summed E-state index contributed by atoms with van der Waals surface area (Å²) in [7, 11) is 0. The second-order valence-electron chi connectivity index (χ2n) is 3.82. The standard InChI is InChI=1S/C12H18BrNO/c1-3-4-10(2)9-15-12-6-5-11(7-13)14-8-12/h5-6,8,10H,3-4,7,9H2,1-2H3. The first-order valence-corrected chi connectivity index (χ1v) is 6.52. The summed E-state index contributed by atoms with van der Waals surface area (Å²) >= 11 is 3.36. The topological polar surface area (TPSA) is 22.1 Å². The summed E-state index contributed by atoms with van der Waals surface area (Å²) in [6.07, 6.45) is 4.22. The van der Waals surface area contributed by atoms with E-state index in [1.54, 1.807) is 6.20 Å². The van der Waals surface area contributed by atoms with Crippen LogP contribution in [0, 0.1) is 5.92 Å². The lowest BCUT2D eigenvalue weighted by Gasteiger charge is -2.11. The van der Waals surface area contributed by atoms with Crippen LogP contribution < -0.4 is 4.74 Å². The van der Waals surface area contributed by atoms with Gasteiger partial charge in [0.1, 0.15) is 5.75 Å². The van der Waals surface area contributed by atoms with E-state index in [0.29, 0.717) is 5.92 Å². The number of ether oxygens (including phenoxy) is 1. The molecule has 1 aromatic rings. The third-order valence-corrected chi connectivity index (χ3v) is 2.83. The van der Waals surface area contributed by atoms with Crippen LogP contribution in [0.5, 0.6) is 5.75 Å². The van der Waals surface area contributed by atoms with Gasteiger partial charge in [0, 0.05) is 5.33 Å². The summed E-state index contributed by atoms with van der Waals surface area (Å²) in [5, 5.41) is 0.791. The van der Waals surface area contributed by atoms with Crippen molar-refractivity contribution >= 4 is 15.9 Å². The zero-order chi connectivity index (χ0) is 11.1. The molecule has 1 unspecified atom stereocenters. The van der Waals surface area contributed by atoms with Crippen LogP contribution in [-0.2, 0) is 5.33 Å². The van der Waals surface area contributed by atoms with E-state index in [4.69, 9.17) is 4.74 Å². The molecule has 0 saturated heterocycles. The summed E-state index contributed by atoms with van der Waals surface area (Å²) < 4.78 is 5.64. The van der Waals surface area contributed by atoms with Gasteiger partial charge in [-0.1, -0.05) is 36.2 Å². The highest BCUT2D eigenvalue weighted by atomic mass is 79.9. The molecule has 0 N–H and O–H groups in total. The normalized spacial score (nSPS) is 12.5. The van der Waals surface area contributed by atoms with Crippen LogP contribution in [0.15, 0.2) is 18.3 Å². The van der Waals surface area contributed by atoms with Crippen LogP contribution in [0.1, 0.15) is 32.4 Å². The molecule has 0 aliphatic carbocycles. The zero-order valence-corrected chi connectivity index (χ0v) is 11.0. The third-order valence-electron chi connectivity index (χ3n) is 2.25. The van der Waals surface area contributed by atoms with Crippen LogP contribution in [0.4, 0.5) is 0 Å². The molecular weight excluding hydrogens is 254 g/mol. The first kappa shape index (κ1) is 12.5. The SMILES string of the molecule is CCCC(C)COc1ccc(CBr)nc1. The molecule has 0 bridgehead atoms. The predicted octanol–water partition coefficient (Wildman–Crippen LogP) is 3.79. The Labute approximate surface area is 100 Å². The van der Waals surface area contributed by atoms with Crippen molar-refractivity contribution in [1.29, 1.82) is 0 Å². The number of aromatic nitrogens is 1. The summed E-state index contributed by atoms with van der Waals surface area (Å²) in [5.41, 5.74) is 1.03. The van der Waals surface area contributed by atoms with E-state index in [2.05, 4.69) is 34.8 Å². The largest absolute Gasteiger partial charge is 0.492 e. The van der Waals surface area contributed by atoms with Crippen molar-refractivity contribution in [2.45, 2.75) is 32.0 Å². The van der Waals surface area contributed by atoms with Gasteiger partial charge in [-0.15, -0.1) is 0 Å². The summed E-state index contributed by atoms with van der Waals surface area (Å²) in [4.78, 5) is 4.25. The molecule has 0 radical (unpaired) electrons. The summed E-state index contributed by atoms with van der Waals surface area (Å²) in [6, 6.07) is 3.96. The fraction of sp³-hybridized carbons (Fsp3) is 0.583. The van der Waals surface area contributed by atoms with E-state index < -0.39 is 0 Å². The Morgan fingerprint density at radius 2 is 2.27 bits per heavy atom. The number of pyridine rings is 1. The number of hydrogen-bond donors (Lipinski definition) is 0. The lowest BCUT2D eigenvalue weighted by molar-refractivity contribution is 0.250. The number of halogens is 1. The molecule has 2 nitrogen and oxygen atoms in total. The van der Waals surface area contributed by atoms with Crippen molar-refractivity contribution < 1.29 is 4.74 Å². The van der Waals surface area contributed by atoms with Gasteiger partial charge in [-0.25, -0.2) is 0 Å². The van der Waals surface area contributed by atoms with Gasteiger partial charge in [0.05, 0.1) is 18.5 Å². The van der Waals surface area contributed by atoms with E-state index in [1.807, 2.05) is 12.1 Å². The molecule has 0 aromatic carbocycles. The van der Waals surface area contributed by atoms with E-state index in [9.17, 15) is 0 Å². The van der Waals surface area contributed by atoms with Crippen LogP contribution in [-0.4, -0.2) is 11.6 Å². The van der Waals surface area contributed by atoms with E-state index in [0.717, 1.165) is 23.4 Å². The van der Waals surface area contributed by atoms with Crippen molar-refractivity contribution in [2.24, 2.45) is 5.92 Å². The number of rotatable bonds is 6. The molecule has 84 valence electrons. The van der Waals surface area contributed by atoms with Crippen LogP contribution in [0.25, 0.3) is 0 Å². The molecule has 15 heavy (non-hydrogen) atoms. The van der Waals surface area contributed by atoms with Crippen LogP contribution in [0.2, 0.25) is 0 Å². The Morgan fingerprint density at radius 1 is 1.47 bits per heavy atom. The molecule has 0 fully saturated rings. The lowest BCUT2D eigenvalue weighted by Crippen LogP contribution is -2.08.